The van der Waals surface area contributed by atoms with Gasteiger partial charge in [-0.3, -0.25) is 14.6 Å². The number of nitrogens with zero attached hydrogens (tertiary/aromatic N) is 3. The molecule has 0 saturated carbocycles. The molecule has 4 rings (SSSR count). The van der Waals surface area contributed by atoms with E-state index < -0.39 is 0 Å². The van der Waals surface area contributed by atoms with E-state index in [1.807, 2.05) is 59.5 Å². The van der Waals surface area contributed by atoms with Gasteiger partial charge in [0.1, 0.15) is 4.38 Å². The number of amides is 2. The lowest BCUT2D eigenvalue weighted by Crippen LogP contribution is -2.48. The van der Waals surface area contributed by atoms with Gasteiger partial charge in [0.05, 0.1) is 12.3 Å². The molecule has 156 valence electrons. The van der Waals surface area contributed by atoms with Gasteiger partial charge in [-0.05, 0) is 36.4 Å². The number of carbonyl (C=O) groups excluding carboxylic acids is 2. The summed E-state index contributed by atoms with van der Waals surface area (Å²) < 4.78 is 1.00. The number of thioether (sulfide) groups is 2. The zero-order valence-corrected chi connectivity index (χ0v) is 18.3. The van der Waals surface area contributed by atoms with Crippen molar-refractivity contribution in [1.82, 2.24) is 4.90 Å². The third kappa shape index (κ3) is 5.37. The quantitative estimate of drug-likeness (QED) is 0.772. The van der Waals surface area contributed by atoms with E-state index in [0.717, 1.165) is 46.7 Å². The molecule has 2 aromatic carbocycles. The maximum Gasteiger partial charge on any atom is 0.253 e. The van der Waals surface area contributed by atoms with E-state index in [9.17, 15) is 9.59 Å². The summed E-state index contributed by atoms with van der Waals surface area (Å²) in [5, 5.41) is 2.94. The number of benzene rings is 2. The Morgan fingerprint density at radius 1 is 1.00 bits per heavy atom. The second-order valence-electron chi connectivity index (χ2n) is 7.03. The highest BCUT2D eigenvalue weighted by molar-refractivity contribution is 8.39. The summed E-state index contributed by atoms with van der Waals surface area (Å²) >= 11 is 3.21. The Kier molecular flexibility index (Phi) is 6.96. The van der Waals surface area contributed by atoms with Crippen molar-refractivity contribution < 1.29 is 9.59 Å². The van der Waals surface area contributed by atoms with Gasteiger partial charge in [-0.25, -0.2) is 0 Å². The summed E-state index contributed by atoms with van der Waals surface area (Å²) in [7, 11) is 0. The van der Waals surface area contributed by atoms with E-state index in [1.54, 1.807) is 11.8 Å². The van der Waals surface area contributed by atoms with Crippen molar-refractivity contribution in [2.24, 2.45) is 4.99 Å². The van der Waals surface area contributed by atoms with Gasteiger partial charge in [0.25, 0.3) is 5.91 Å². The third-order valence-corrected chi connectivity index (χ3v) is 7.24. The molecule has 0 atom stereocenters. The van der Waals surface area contributed by atoms with Gasteiger partial charge in [-0.15, -0.1) is 0 Å². The normalized spacial score (nSPS) is 16.3. The molecule has 0 bridgehead atoms. The number of piperazine rings is 1. The van der Waals surface area contributed by atoms with Crippen LogP contribution in [-0.4, -0.2) is 65.3 Å². The second kappa shape index (κ2) is 10.0. The Morgan fingerprint density at radius 3 is 2.40 bits per heavy atom. The number of hydrogen-bond donors (Lipinski definition) is 1. The Hall–Kier alpha value is -2.45. The topological polar surface area (TPSA) is 65.0 Å². The Balaban J connectivity index is 1.25. The first kappa shape index (κ1) is 20.8. The predicted octanol–water partition coefficient (Wildman–Crippen LogP) is 3.42. The van der Waals surface area contributed by atoms with Crippen molar-refractivity contribution in [3.63, 3.8) is 0 Å². The maximum atomic E-state index is 12.6. The molecule has 2 amide bonds. The lowest BCUT2D eigenvalue weighted by Gasteiger charge is -2.36. The van der Waals surface area contributed by atoms with E-state index in [2.05, 4.69) is 15.2 Å². The van der Waals surface area contributed by atoms with Crippen molar-refractivity contribution in [2.75, 3.05) is 54.4 Å². The van der Waals surface area contributed by atoms with Crippen LogP contribution in [0.3, 0.4) is 0 Å². The zero-order valence-electron chi connectivity index (χ0n) is 16.6. The zero-order chi connectivity index (χ0) is 20.8. The minimum Gasteiger partial charge on any atom is -0.368 e. The minimum absolute atomic E-state index is 0.0176. The summed E-state index contributed by atoms with van der Waals surface area (Å²) in [6.45, 7) is 3.84. The molecule has 0 radical (unpaired) electrons. The van der Waals surface area contributed by atoms with Crippen LogP contribution >= 0.6 is 23.5 Å². The number of carbonyl (C=O) groups is 2. The number of aliphatic imine (C=N–C) groups is 1. The molecule has 1 N–H and O–H groups in total. The molecule has 2 aromatic rings. The molecule has 0 spiro atoms. The van der Waals surface area contributed by atoms with Gasteiger partial charge in [0, 0.05) is 48.9 Å². The van der Waals surface area contributed by atoms with Gasteiger partial charge in [-0.2, -0.15) is 0 Å². The number of nitrogens with one attached hydrogen (secondary N) is 1. The van der Waals surface area contributed by atoms with Gasteiger partial charge in [0.15, 0.2) is 0 Å². The Morgan fingerprint density at radius 2 is 1.73 bits per heavy atom. The van der Waals surface area contributed by atoms with Crippen LogP contribution in [0.4, 0.5) is 11.4 Å². The molecule has 6 nitrogen and oxygen atoms in total. The Bertz CT molecular complexity index is 910. The molecule has 1 saturated heterocycles. The maximum absolute atomic E-state index is 12.6. The highest BCUT2D eigenvalue weighted by atomic mass is 32.2. The highest BCUT2D eigenvalue weighted by Gasteiger charge is 2.22. The molecular weight excluding hydrogens is 416 g/mol. The van der Waals surface area contributed by atoms with Crippen molar-refractivity contribution in [1.29, 1.82) is 0 Å². The fourth-order valence-corrected chi connectivity index (χ4v) is 5.22. The average Bonchev–Trinajstić information content (AvgIpc) is 3.32. The standard InChI is InChI=1S/C22H24N4O2S2/c27-20(16-30-22-23-10-15-29-22)24-18-6-8-19(9-7-18)25-11-13-26(14-12-25)21(28)17-4-2-1-3-5-17/h1-9H,10-16H2,(H,24,27). The fourth-order valence-electron chi connectivity index (χ4n) is 3.41. The summed E-state index contributed by atoms with van der Waals surface area (Å²) in [4.78, 5) is 33.2. The summed E-state index contributed by atoms with van der Waals surface area (Å²) in [6, 6.07) is 17.3. The molecule has 2 heterocycles. The largest absolute Gasteiger partial charge is 0.368 e. The number of rotatable bonds is 5. The second-order valence-corrected chi connectivity index (χ2v) is 9.33. The Labute approximate surface area is 185 Å². The highest BCUT2D eigenvalue weighted by Crippen LogP contribution is 2.23. The molecule has 2 aliphatic rings. The minimum atomic E-state index is -0.0176. The summed E-state index contributed by atoms with van der Waals surface area (Å²) in [5.41, 5.74) is 2.64. The molecule has 0 aliphatic carbocycles. The summed E-state index contributed by atoms with van der Waals surface area (Å²) in [5.74, 6) is 1.47. The SMILES string of the molecule is O=C(CSC1=NCCS1)Nc1ccc(N2CCN(C(=O)c3ccccc3)CC2)cc1. The monoisotopic (exact) mass is 440 g/mol. The van der Waals surface area contributed by atoms with Crippen LogP contribution in [0.15, 0.2) is 59.6 Å². The predicted molar refractivity (Wildman–Crippen MR) is 127 cm³/mol. The van der Waals surface area contributed by atoms with Gasteiger partial charge < -0.3 is 15.1 Å². The lowest BCUT2D eigenvalue weighted by atomic mass is 10.1. The van der Waals surface area contributed by atoms with E-state index in [4.69, 9.17) is 0 Å². The first-order valence-electron chi connectivity index (χ1n) is 9.98. The van der Waals surface area contributed by atoms with Gasteiger partial charge in [-0.1, -0.05) is 41.7 Å². The first-order chi connectivity index (χ1) is 14.7. The van der Waals surface area contributed by atoms with Crippen molar-refractivity contribution in [3.8, 4) is 0 Å². The van der Waals surface area contributed by atoms with Gasteiger partial charge >= 0.3 is 0 Å². The van der Waals surface area contributed by atoms with E-state index in [-0.39, 0.29) is 11.8 Å². The van der Waals surface area contributed by atoms with E-state index in [1.165, 1.54) is 11.8 Å². The lowest BCUT2D eigenvalue weighted by molar-refractivity contribution is -0.113. The molecule has 1 fully saturated rings. The van der Waals surface area contributed by atoms with Crippen LogP contribution in [0, 0.1) is 0 Å². The first-order valence-corrected chi connectivity index (χ1v) is 12.0. The molecule has 30 heavy (non-hydrogen) atoms. The van der Waals surface area contributed by atoms with Crippen LogP contribution in [0.2, 0.25) is 0 Å². The number of hydrogen-bond acceptors (Lipinski definition) is 6. The van der Waals surface area contributed by atoms with Crippen LogP contribution in [0.25, 0.3) is 0 Å². The molecule has 2 aliphatic heterocycles. The van der Waals surface area contributed by atoms with Crippen LogP contribution in [0.1, 0.15) is 10.4 Å². The van der Waals surface area contributed by atoms with Crippen molar-refractivity contribution >= 4 is 51.1 Å². The molecule has 8 heteroatoms. The smallest absolute Gasteiger partial charge is 0.253 e. The third-order valence-electron chi connectivity index (χ3n) is 4.99. The molecular formula is C22H24N4O2S2. The van der Waals surface area contributed by atoms with Crippen LogP contribution in [-0.2, 0) is 4.79 Å². The van der Waals surface area contributed by atoms with E-state index >= 15 is 0 Å². The van der Waals surface area contributed by atoms with Crippen LogP contribution < -0.4 is 10.2 Å². The van der Waals surface area contributed by atoms with Gasteiger partial charge in [0.2, 0.25) is 5.91 Å². The average molecular weight is 441 g/mol. The van der Waals surface area contributed by atoms with E-state index in [0.29, 0.717) is 18.8 Å². The summed E-state index contributed by atoms with van der Waals surface area (Å²) in [6.07, 6.45) is 0. The molecule has 0 unspecified atom stereocenters. The molecule has 0 aromatic heterocycles. The fraction of sp³-hybridized carbons (Fsp3) is 0.318. The van der Waals surface area contributed by atoms with Crippen molar-refractivity contribution in [2.45, 2.75) is 0 Å². The number of anilines is 2. The van der Waals surface area contributed by atoms with Crippen LogP contribution in [0.5, 0.6) is 0 Å². The van der Waals surface area contributed by atoms with Crippen molar-refractivity contribution in [3.05, 3.63) is 60.2 Å².